The minimum absolute atomic E-state index is 0.147. The van der Waals surface area contributed by atoms with Gasteiger partial charge >= 0.3 is 0 Å². The highest BCUT2D eigenvalue weighted by atomic mass is 32.2. The van der Waals surface area contributed by atoms with E-state index in [1.165, 1.54) is 15.6 Å². The van der Waals surface area contributed by atoms with Gasteiger partial charge in [0.2, 0.25) is 15.9 Å². The molecule has 8 heteroatoms. The first-order chi connectivity index (χ1) is 12.8. The van der Waals surface area contributed by atoms with E-state index in [2.05, 4.69) is 11.4 Å². The molecule has 6 nitrogen and oxygen atoms in total. The number of hydrogen-bond donors (Lipinski definition) is 1. The summed E-state index contributed by atoms with van der Waals surface area (Å²) in [4.78, 5) is 14.0. The van der Waals surface area contributed by atoms with Gasteiger partial charge in [0.1, 0.15) is 11.1 Å². The molecule has 1 fully saturated rings. The number of nitrogens with one attached hydrogen (secondary N) is 1. The maximum absolute atomic E-state index is 12.8. The van der Waals surface area contributed by atoms with Gasteiger partial charge in [-0.3, -0.25) is 4.79 Å². The van der Waals surface area contributed by atoms with E-state index in [9.17, 15) is 18.5 Å². The van der Waals surface area contributed by atoms with E-state index in [4.69, 9.17) is 0 Å². The third-order valence-electron chi connectivity index (χ3n) is 4.87. The van der Waals surface area contributed by atoms with E-state index in [1.54, 1.807) is 30.3 Å². The first-order valence-corrected chi connectivity index (χ1v) is 11.0. The van der Waals surface area contributed by atoms with Crippen molar-refractivity contribution in [1.82, 2.24) is 4.31 Å². The minimum atomic E-state index is -3.61. The highest BCUT2D eigenvalue weighted by molar-refractivity contribution is 7.89. The lowest BCUT2D eigenvalue weighted by Gasteiger charge is -2.31. The van der Waals surface area contributed by atoms with Crippen LogP contribution in [0.25, 0.3) is 0 Å². The highest BCUT2D eigenvalue weighted by Gasteiger charge is 2.33. The first-order valence-electron chi connectivity index (χ1n) is 8.70. The number of carbonyl (C=O) groups excluding carboxylic acids is 1. The molecular formula is C19H21N3O3S2. The van der Waals surface area contributed by atoms with E-state index in [1.807, 2.05) is 13.8 Å². The molecule has 1 aromatic carbocycles. The number of sulfonamides is 1. The molecular weight excluding hydrogens is 382 g/mol. The normalized spacial score (nSPS) is 18.0. The molecule has 2 aromatic rings. The number of rotatable bonds is 4. The number of piperidine rings is 1. The molecule has 1 N–H and O–H groups in total. The summed E-state index contributed by atoms with van der Waals surface area (Å²) in [5, 5.41) is 12.7. The van der Waals surface area contributed by atoms with Crippen molar-refractivity contribution >= 4 is 32.3 Å². The molecule has 0 spiro atoms. The fraction of sp³-hybridized carbons (Fsp3) is 0.368. The van der Waals surface area contributed by atoms with E-state index in [0.29, 0.717) is 30.0 Å². The van der Waals surface area contributed by atoms with Crippen molar-refractivity contribution in [3.63, 3.8) is 0 Å². The molecule has 2 heterocycles. The molecule has 1 saturated heterocycles. The third kappa shape index (κ3) is 3.90. The third-order valence-corrected chi connectivity index (χ3v) is 7.87. The Bertz CT molecular complexity index is 991. The number of anilines is 1. The van der Waals surface area contributed by atoms with Crippen LogP contribution in [0.1, 0.15) is 28.8 Å². The van der Waals surface area contributed by atoms with Crippen molar-refractivity contribution in [3.05, 3.63) is 46.3 Å². The van der Waals surface area contributed by atoms with Crippen LogP contribution in [0, 0.1) is 31.1 Å². The second-order valence-electron chi connectivity index (χ2n) is 6.60. The van der Waals surface area contributed by atoms with Crippen LogP contribution < -0.4 is 5.32 Å². The number of aryl methyl sites for hydroxylation is 1. The zero-order valence-electron chi connectivity index (χ0n) is 15.2. The molecule has 0 radical (unpaired) electrons. The van der Waals surface area contributed by atoms with E-state index in [0.717, 1.165) is 10.4 Å². The predicted molar refractivity (Wildman–Crippen MR) is 105 cm³/mol. The van der Waals surface area contributed by atoms with Crippen molar-refractivity contribution in [2.75, 3.05) is 18.4 Å². The fourth-order valence-corrected chi connectivity index (χ4v) is 5.74. The Hall–Kier alpha value is -2.21. The molecule has 0 aliphatic carbocycles. The Balaban J connectivity index is 1.76. The van der Waals surface area contributed by atoms with Gasteiger partial charge in [-0.05, 0) is 44.4 Å². The fourth-order valence-electron chi connectivity index (χ4n) is 3.18. The summed E-state index contributed by atoms with van der Waals surface area (Å²) in [7, 11) is -3.61. The smallest absolute Gasteiger partial charge is 0.243 e. The number of amides is 1. The maximum atomic E-state index is 12.8. The molecule has 142 valence electrons. The lowest BCUT2D eigenvalue weighted by molar-refractivity contribution is -0.120. The highest BCUT2D eigenvalue weighted by Crippen LogP contribution is 2.33. The second-order valence-corrected chi connectivity index (χ2v) is 9.77. The van der Waals surface area contributed by atoms with Gasteiger partial charge in [0.15, 0.2) is 0 Å². The van der Waals surface area contributed by atoms with Crippen LogP contribution in [0.5, 0.6) is 0 Å². The minimum Gasteiger partial charge on any atom is -0.316 e. The van der Waals surface area contributed by atoms with Crippen molar-refractivity contribution in [2.45, 2.75) is 31.6 Å². The maximum Gasteiger partial charge on any atom is 0.243 e. The molecule has 0 bridgehead atoms. The quantitative estimate of drug-likeness (QED) is 0.848. The number of hydrogen-bond acceptors (Lipinski definition) is 5. The Morgan fingerprint density at radius 1 is 1.30 bits per heavy atom. The van der Waals surface area contributed by atoms with Gasteiger partial charge in [0.05, 0.1) is 16.4 Å². The molecule has 1 aliphatic heterocycles. The van der Waals surface area contributed by atoms with E-state index in [-0.39, 0.29) is 17.3 Å². The van der Waals surface area contributed by atoms with E-state index < -0.39 is 15.9 Å². The molecule has 1 unspecified atom stereocenters. The van der Waals surface area contributed by atoms with Gasteiger partial charge in [-0.25, -0.2) is 8.42 Å². The van der Waals surface area contributed by atoms with Crippen LogP contribution in [-0.4, -0.2) is 31.7 Å². The molecule has 0 saturated carbocycles. The number of nitrogens with zero attached hydrogens (tertiary/aromatic N) is 2. The summed E-state index contributed by atoms with van der Waals surface area (Å²) in [6.07, 6.45) is 1.25. The van der Waals surface area contributed by atoms with Crippen molar-refractivity contribution in [2.24, 2.45) is 5.92 Å². The zero-order chi connectivity index (χ0) is 19.6. The van der Waals surface area contributed by atoms with Gasteiger partial charge in [-0.1, -0.05) is 18.2 Å². The predicted octanol–water partition coefficient (Wildman–Crippen LogP) is 3.28. The summed E-state index contributed by atoms with van der Waals surface area (Å²) in [6.45, 7) is 4.32. The Labute approximate surface area is 163 Å². The van der Waals surface area contributed by atoms with Crippen LogP contribution >= 0.6 is 11.3 Å². The van der Waals surface area contributed by atoms with Gasteiger partial charge in [0, 0.05) is 18.0 Å². The van der Waals surface area contributed by atoms with Gasteiger partial charge in [0.25, 0.3) is 0 Å². The Kier molecular flexibility index (Phi) is 5.65. The number of nitriles is 1. The summed E-state index contributed by atoms with van der Waals surface area (Å²) >= 11 is 1.37. The Morgan fingerprint density at radius 2 is 2.00 bits per heavy atom. The second kappa shape index (κ2) is 7.80. The van der Waals surface area contributed by atoms with Crippen LogP contribution in [0.2, 0.25) is 0 Å². The lowest BCUT2D eigenvalue weighted by atomic mass is 9.99. The monoisotopic (exact) mass is 403 g/mol. The number of carbonyl (C=O) groups is 1. The first kappa shape index (κ1) is 19.5. The van der Waals surface area contributed by atoms with Gasteiger partial charge < -0.3 is 5.32 Å². The van der Waals surface area contributed by atoms with Crippen molar-refractivity contribution < 1.29 is 13.2 Å². The summed E-state index contributed by atoms with van der Waals surface area (Å²) in [6, 6.07) is 10.4. The Morgan fingerprint density at radius 3 is 2.67 bits per heavy atom. The van der Waals surface area contributed by atoms with Crippen LogP contribution in [0.4, 0.5) is 5.00 Å². The molecule has 1 aliphatic rings. The van der Waals surface area contributed by atoms with Gasteiger partial charge in [-0.2, -0.15) is 9.57 Å². The topological polar surface area (TPSA) is 90.3 Å². The average Bonchev–Trinajstić information content (AvgIpc) is 2.95. The van der Waals surface area contributed by atoms with Crippen LogP contribution in [-0.2, 0) is 14.8 Å². The summed E-state index contributed by atoms with van der Waals surface area (Å²) in [5.74, 6) is -0.674. The molecule has 3 rings (SSSR count). The lowest BCUT2D eigenvalue weighted by Crippen LogP contribution is -2.43. The standard InChI is InChI=1S/C19H21N3O3S2/c1-13-14(2)26-19(17(13)11-20)21-18(23)15-7-6-10-22(12-15)27(24,25)16-8-4-3-5-9-16/h3-5,8-9,15H,6-7,10,12H2,1-2H3,(H,21,23). The average molecular weight is 404 g/mol. The van der Waals surface area contributed by atoms with Gasteiger partial charge in [-0.15, -0.1) is 11.3 Å². The molecule has 1 amide bonds. The van der Waals surface area contributed by atoms with Crippen molar-refractivity contribution in [1.29, 1.82) is 5.26 Å². The zero-order valence-corrected chi connectivity index (χ0v) is 16.9. The molecule has 1 aromatic heterocycles. The summed E-state index contributed by atoms with van der Waals surface area (Å²) in [5.41, 5.74) is 1.35. The van der Waals surface area contributed by atoms with Crippen LogP contribution in [0.3, 0.4) is 0 Å². The van der Waals surface area contributed by atoms with Crippen molar-refractivity contribution in [3.8, 4) is 6.07 Å². The van der Waals surface area contributed by atoms with Crippen LogP contribution in [0.15, 0.2) is 35.2 Å². The molecule has 27 heavy (non-hydrogen) atoms. The summed E-state index contributed by atoms with van der Waals surface area (Å²) < 4.78 is 27.0. The SMILES string of the molecule is Cc1sc(NC(=O)C2CCCN(S(=O)(=O)c3ccccc3)C2)c(C#N)c1C. The largest absolute Gasteiger partial charge is 0.316 e. The number of thiophene rings is 1. The number of benzene rings is 1. The molecule has 1 atom stereocenters. The van der Waals surface area contributed by atoms with E-state index >= 15 is 0 Å².